The van der Waals surface area contributed by atoms with Crippen molar-refractivity contribution in [2.24, 2.45) is 5.92 Å². The summed E-state index contributed by atoms with van der Waals surface area (Å²) >= 11 is 7.64. The Morgan fingerprint density at radius 1 is 0.822 bits per heavy atom. The molecule has 0 N–H and O–H groups in total. The molecule has 1 aliphatic carbocycles. The minimum absolute atomic E-state index is 0.267. The van der Waals surface area contributed by atoms with Gasteiger partial charge in [0.1, 0.15) is 0 Å². The van der Waals surface area contributed by atoms with E-state index in [0.717, 1.165) is 40.4 Å². The maximum absolute atomic E-state index is 14.6. The summed E-state index contributed by atoms with van der Waals surface area (Å²) in [6, 6.07) is 26.0. The number of hydrogen-bond acceptors (Lipinski definition) is 1. The third-order valence-electron chi connectivity index (χ3n) is 9.36. The lowest BCUT2D eigenvalue weighted by Gasteiger charge is -2.34. The fourth-order valence-electron chi connectivity index (χ4n) is 7.25. The van der Waals surface area contributed by atoms with Crippen LogP contribution < -0.4 is 0 Å². The van der Waals surface area contributed by atoms with Gasteiger partial charge in [-0.1, -0.05) is 189 Å². The standard InChI is InChI=1S/C42H50Br2O/c1-4-7-10-14-20-32(21-15-11-8-5-2)29-40(45)37-30-35(44)31-39-41(37)36(26-9-6-3)38(27-28-43)42(39,33-22-16-12-17-23-33)34-24-18-13-19-25-34/h6,12-13,16-19,22-27,30-32H,3-5,7-11,14-15,20-21,28-29H2,1-2H3. The summed E-state index contributed by atoms with van der Waals surface area (Å²) in [6.07, 6.45) is 20.1. The van der Waals surface area contributed by atoms with Crippen LogP contribution in [0.3, 0.4) is 0 Å². The van der Waals surface area contributed by atoms with Gasteiger partial charge in [0.25, 0.3) is 0 Å². The fraction of sp³-hybridized carbons (Fsp3) is 0.405. The number of benzene rings is 3. The molecule has 0 unspecified atom stereocenters. The number of unbranched alkanes of at least 4 members (excludes halogenated alkanes) is 6. The molecule has 0 fully saturated rings. The fourth-order valence-corrected chi connectivity index (χ4v) is 8.03. The SMILES string of the molecule is C=CCC=C1C(=CCBr)C(c2ccccc2)(c2ccccc2)c2cc(Br)cc(C(=O)CC(CCCCCC)CCCCCC)c21. The van der Waals surface area contributed by atoms with Crippen LogP contribution >= 0.6 is 31.9 Å². The summed E-state index contributed by atoms with van der Waals surface area (Å²) in [5.41, 5.74) is 7.31. The van der Waals surface area contributed by atoms with E-state index in [0.29, 0.717) is 17.7 Å². The van der Waals surface area contributed by atoms with E-state index in [4.69, 9.17) is 0 Å². The zero-order valence-electron chi connectivity index (χ0n) is 27.3. The maximum Gasteiger partial charge on any atom is 0.163 e. The van der Waals surface area contributed by atoms with Crippen LogP contribution in [0.25, 0.3) is 5.57 Å². The first kappa shape index (κ1) is 35.4. The van der Waals surface area contributed by atoms with Crippen LogP contribution in [0.5, 0.6) is 0 Å². The van der Waals surface area contributed by atoms with Gasteiger partial charge in [-0.15, -0.1) is 6.58 Å². The van der Waals surface area contributed by atoms with Gasteiger partial charge in [-0.25, -0.2) is 0 Å². The molecule has 0 saturated heterocycles. The third kappa shape index (κ3) is 8.27. The lowest BCUT2D eigenvalue weighted by atomic mass is 9.67. The molecule has 238 valence electrons. The van der Waals surface area contributed by atoms with Crippen molar-refractivity contribution in [3.05, 3.63) is 135 Å². The molecule has 0 radical (unpaired) electrons. The highest BCUT2D eigenvalue weighted by molar-refractivity contribution is 9.10. The summed E-state index contributed by atoms with van der Waals surface area (Å²) in [4.78, 5) is 14.6. The molecule has 0 atom stereocenters. The number of carbonyl (C=O) groups excluding carboxylic acids is 1. The zero-order valence-corrected chi connectivity index (χ0v) is 30.5. The lowest BCUT2D eigenvalue weighted by molar-refractivity contribution is 0.0954. The number of alkyl halides is 1. The first-order valence-electron chi connectivity index (χ1n) is 17.1. The number of ketones is 1. The first-order chi connectivity index (χ1) is 22.0. The van der Waals surface area contributed by atoms with Gasteiger partial charge in [-0.05, 0) is 57.9 Å². The molecule has 1 nitrogen and oxygen atoms in total. The topological polar surface area (TPSA) is 17.1 Å². The molecule has 3 heteroatoms. The predicted molar refractivity (Wildman–Crippen MR) is 202 cm³/mol. The van der Waals surface area contributed by atoms with E-state index in [9.17, 15) is 4.79 Å². The quantitative estimate of drug-likeness (QED) is 0.0551. The van der Waals surface area contributed by atoms with Crippen molar-refractivity contribution in [3.63, 3.8) is 0 Å². The summed E-state index contributed by atoms with van der Waals surface area (Å²) < 4.78 is 0.950. The van der Waals surface area contributed by atoms with Gasteiger partial charge in [0, 0.05) is 21.8 Å². The maximum atomic E-state index is 14.6. The number of carbonyl (C=O) groups is 1. The number of rotatable bonds is 18. The highest BCUT2D eigenvalue weighted by atomic mass is 79.9. The second kappa shape index (κ2) is 18.0. The molecule has 3 aromatic carbocycles. The molecule has 0 aliphatic heterocycles. The van der Waals surface area contributed by atoms with Crippen LogP contribution in [-0.4, -0.2) is 11.1 Å². The van der Waals surface area contributed by atoms with Crippen molar-refractivity contribution in [3.8, 4) is 0 Å². The highest BCUT2D eigenvalue weighted by Crippen LogP contribution is 2.58. The minimum atomic E-state index is -0.558. The van der Waals surface area contributed by atoms with Crippen LogP contribution in [0.2, 0.25) is 0 Å². The number of allylic oxidation sites excluding steroid dienone is 5. The second-order valence-electron chi connectivity index (χ2n) is 12.5. The van der Waals surface area contributed by atoms with Crippen molar-refractivity contribution in [1.29, 1.82) is 0 Å². The molecular weight excluding hydrogens is 680 g/mol. The Hall–Kier alpha value is -2.49. The summed E-state index contributed by atoms with van der Waals surface area (Å²) in [5, 5.41) is 0.714. The summed E-state index contributed by atoms with van der Waals surface area (Å²) in [6.45, 7) is 8.58. The second-order valence-corrected chi connectivity index (χ2v) is 14.0. The number of hydrogen-bond donors (Lipinski definition) is 0. The van der Waals surface area contributed by atoms with Gasteiger partial charge in [0.05, 0.1) is 5.41 Å². The molecule has 1 aliphatic rings. The van der Waals surface area contributed by atoms with Crippen molar-refractivity contribution < 1.29 is 4.79 Å². The average Bonchev–Trinajstić information content (AvgIpc) is 3.33. The molecule has 0 bridgehead atoms. The highest BCUT2D eigenvalue weighted by Gasteiger charge is 2.49. The van der Waals surface area contributed by atoms with Crippen molar-refractivity contribution in [1.82, 2.24) is 0 Å². The van der Waals surface area contributed by atoms with Crippen molar-refractivity contribution in [2.45, 2.75) is 96.3 Å². The van der Waals surface area contributed by atoms with Crippen molar-refractivity contribution in [2.75, 3.05) is 5.33 Å². The predicted octanol–water partition coefficient (Wildman–Crippen LogP) is 13.2. The molecule has 4 rings (SSSR count). The number of halogens is 2. The monoisotopic (exact) mass is 728 g/mol. The lowest BCUT2D eigenvalue weighted by Crippen LogP contribution is -2.29. The van der Waals surface area contributed by atoms with E-state index < -0.39 is 5.41 Å². The Labute approximate surface area is 289 Å². The Kier molecular flexibility index (Phi) is 14.1. The molecule has 45 heavy (non-hydrogen) atoms. The Morgan fingerprint density at radius 2 is 1.40 bits per heavy atom. The largest absolute Gasteiger partial charge is 0.294 e. The van der Waals surface area contributed by atoms with Crippen LogP contribution in [0.4, 0.5) is 0 Å². The Bertz CT molecular complexity index is 1400. The van der Waals surface area contributed by atoms with Crippen LogP contribution in [0.15, 0.2) is 108 Å². The Morgan fingerprint density at radius 3 is 1.91 bits per heavy atom. The van der Waals surface area contributed by atoms with Gasteiger partial charge in [0.15, 0.2) is 5.78 Å². The van der Waals surface area contributed by atoms with Crippen LogP contribution in [0.1, 0.15) is 124 Å². The summed E-state index contributed by atoms with van der Waals surface area (Å²) in [7, 11) is 0. The number of Topliss-reactive ketones (excluding diaryl/α,β-unsaturated/α-hetero) is 1. The van der Waals surface area contributed by atoms with Gasteiger partial charge in [0.2, 0.25) is 0 Å². The molecule has 0 spiro atoms. The first-order valence-corrected chi connectivity index (χ1v) is 19.0. The van der Waals surface area contributed by atoms with Gasteiger partial charge < -0.3 is 0 Å². The van der Waals surface area contributed by atoms with E-state index in [1.54, 1.807) is 0 Å². The van der Waals surface area contributed by atoms with E-state index in [1.807, 2.05) is 6.08 Å². The smallest absolute Gasteiger partial charge is 0.163 e. The molecule has 0 saturated carbocycles. The molecule has 0 heterocycles. The van der Waals surface area contributed by atoms with Gasteiger partial charge in [-0.2, -0.15) is 0 Å². The third-order valence-corrected chi connectivity index (χ3v) is 10.1. The molecule has 3 aromatic rings. The Balaban J connectivity index is 1.91. The van der Waals surface area contributed by atoms with Crippen molar-refractivity contribution >= 4 is 43.2 Å². The van der Waals surface area contributed by atoms with Crippen LogP contribution in [-0.2, 0) is 5.41 Å². The van der Waals surface area contributed by atoms with E-state index in [2.05, 4.69) is 137 Å². The van der Waals surface area contributed by atoms with Gasteiger partial charge >= 0.3 is 0 Å². The normalized spacial score (nSPS) is 15.6. The van der Waals surface area contributed by atoms with Gasteiger partial charge in [-0.3, -0.25) is 4.79 Å². The summed E-state index contributed by atoms with van der Waals surface area (Å²) in [5.74, 6) is 0.691. The van der Waals surface area contributed by atoms with E-state index in [1.165, 1.54) is 73.6 Å². The minimum Gasteiger partial charge on any atom is -0.294 e. The molecule has 0 amide bonds. The van der Waals surface area contributed by atoms with E-state index >= 15 is 0 Å². The van der Waals surface area contributed by atoms with Crippen LogP contribution in [0, 0.1) is 5.92 Å². The average molecular weight is 731 g/mol. The molecular formula is C42H50Br2O. The molecule has 0 aromatic heterocycles. The van der Waals surface area contributed by atoms with E-state index in [-0.39, 0.29) is 5.78 Å². The zero-order chi connectivity index (χ0) is 32.1. The number of fused-ring (bicyclic) bond motifs is 1.